The van der Waals surface area contributed by atoms with E-state index in [0.717, 1.165) is 40.9 Å². The third kappa shape index (κ3) is 6.05. The molecule has 0 N–H and O–H groups in total. The van der Waals surface area contributed by atoms with E-state index >= 15 is 4.39 Å². The summed E-state index contributed by atoms with van der Waals surface area (Å²) in [5.41, 5.74) is 3.43. The van der Waals surface area contributed by atoms with Crippen molar-refractivity contribution in [2.75, 3.05) is 6.61 Å². The summed E-state index contributed by atoms with van der Waals surface area (Å²) in [6.07, 6.45) is 5.66. The maximum Gasteiger partial charge on any atom is 0.141 e. The molecule has 0 aliphatic carbocycles. The first-order valence-electron chi connectivity index (χ1n) is 12.2. The fraction of sp³-hybridized carbons (Fsp3) is 0.258. The normalized spacial score (nSPS) is 10.9. The van der Waals surface area contributed by atoms with E-state index in [-0.39, 0.29) is 11.4 Å². The lowest BCUT2D eigenvalue weighted by Gasteiger charge is -2.10. The minimum Gasteiger partial charge on any atom is -0.494 e. The molecule has 0 aliphatic rings. The number of benzene rings is 4. The number of nitrogens with zero attached hydrogens (tertiary/aromatic N) is 1. The van der Waals surface area contributed by atoms with Crippen molar-refractivity contribution in [3.05, 3.63) is 101 Å². The molecular weight excluding hydrogens is 440 g/mol. The quantitative estimate of drug-likeness (QED) is 0.218. The van der Waals surface area contributed by atoms with Crippen LogP contribution < -0.4 is 4.74 Å². The lowest BCUT2D eigenvalue weighted by Crippen LogP contribution is -1.97. The van der Waals surface area contributed by atoms with Gasteiger partial charge < -0.3 is 4.74 Å². The highest BCUT2D eigenvalue weighted by molar-refractivity contribution is 5.88. The van der Waals surface area contributed by atoms with Crippen molar-refractivity contribution >= 4 is 10.8 Å². The van der Waals surface area contributed by atoms with Crippen LogP contribution in [0, 0.1) is 23.0 Å². The zero-order valence-corrected chi connectivity index (χ0v) is 20.0. The van der Waals surface area contributed by atoms with E-state index in [9.17, 15) is 4.39 Å². The van der Waals surface area contributed by atoms with Crippen molar-refractivity contribution in [3.8, 4) is 22.9 Å². The van der Waals surface area contributed by atoms with Crippen molar-refractivity contribution in [3.63, 3.8) is 0 Å². The molecule has 0 aromatic heterocycles. The molecule has 0 saturated carbocycles. The Hall–Kier alpha value is -3.71. The average molecular weight is 470 g/mol. The standard InChI is InChI=1S/C31H29F2NO/c1-2-3-4-5-18-35-28-15-12-23(13-16-28)25-14-17-29-26(20-25)11-10-24(31(29)33)8-6-22-7-9-27(21-34)30(32)19-22/h7,9-17,19-20H,2-6,8,18H2,1H3. The van der Waals surface area contributed by atoms with Gasteiger partial charge in [-0.05, 0) is 77.2 Å². The number of fused-ring (bicyclic) bond motifs is 1. The molecule has 0 amide bonds. The predicted molar refractivity (Wildman–Crippen MR) is 138 cm³/mol. The Bertz CT molecular complexity index is 1340. The Kier molecular flexibility index (Phi) is 8.11. The lowest BCUT2D eigenvalue weighted by atomic mass is 9.97. The van der Waals surface area contributed by atoms with Gasteiger partial charge in [0.1, 0.15) is 23.5 Å². The summed E-state index contributed by atoms with van der Waals surface area (Å²) >= 11 is 0. The topological polar surface area (TPSA) is 33.0 Å². The number of nitriles is 1. The van der Waals surface area contributed by atoms with E-state index in [4.69, 9.17) is 10.00 Å². The maximum absolute atomic E-state index is 15.2. The first kappa shape index (κ1) is 24.4. The van der Waals surface area contributed by atoms with E-state index in [1.807, 2.05) is 54.6 Å². The minimum atomic E-state index is -0.539. The second kappa shape index (κ2) is 11.6. The summed E-state index contributed by atoms with van der Waals surface area (Å²) in [4.78, 5) is 0. The number of aryl methyl sites for hydroxylation is 2. The van der Waals surface area contributed by atoms with Gasteiger partial charge in [0.05, 0.1) is 12.2 Å². The van der Waals surface area contributed by atoms with E-state index in [1.54, 1.807) is 12.1 Å². The molecule has 35 heavy (non-hydrogen) atoms. The van der Waals surface area contributed by atoms with Crippen LogP contribution in [0.25, 0.3) is 21.9 Å². The summed E-state index contributed by atoms with van der Waals surface area (Å²) in [6.45, 7) is 2.93. The smallest absolute Gasteiger partial charge is 0.141 e. The summed E-state index contributed by atoms with van der Waals surface area (Å²) in [5, 5.41) is 10.3. The van der Waals surface area contributed by atoms with Gasteiger partial charge in [0.25, 0.3) is 0 Å². The molecular formula is C31H29F2NO. The third-order valence-electron chi connectivity index (χ3n) is 6.33. The van der Waals surface area contributed by atoms with Crippen LogP contribution in [-0.2, 0) is 12.8 Å². The Balaban J connectivity index is 1.44. The first-order chi connectivity index (χ1) is 17.1. The SMILES string of the molecule is CCCCCCOc1ccc(-c2ccc3c(F)c(CCc4ccc(C#N)c(F)c4)ccc3c2)cc1. The van der Waals surface area contributed by atoms with Crippen LogP contribution in [0.4, 0.5) is 8.78 Å². The van der Waals surface area contributed by atoms with Crippen LogP contribution in [0.2, 0.25) is 0 Å². The summed E-state index contributed by atoms with van der Waals surface area (Å²) < 4.78 is 34.9. The van der Waals surface area contributed by atoms with Crippen molar-refractivity contribution < 1.29 is 13.5 Å². The van der Waals surface area contributed by atoms with Crippen LogP contribution in [0.3, 0.4) is 0 Å². The van der Waals surface area contributed by atoms with Crippen LogP contribution in [0.5, 0.6) is 5.75 Å². The molecule has 4 rings (SSSR count). The highest BCUT2D eigenvalue weighted by Crippen LogP contribution is 2.29. The number of halogens is 2. The fourth-order valence-corrected chi connectivity index (χ4v) is 4.26. The molecule has 0 aliphatic heterocycles. The monoisotopic (exact) mass is 469 g/mol. The number of hydrogen-bond donors (Lipinski definition) is 0. The molecule has 0 spiro atoms. The van der Waals surface area contributed by atoms with Gasteiger partial charge in [0.15, 0.2) is 0 Å². The largest absolute Gasteiger partial charge is 0.494 e. The van der Waals surface area contributed by atoms with Crippen molar-refractivity contribution in [2.24, 2.45) is 0 Å². The van der Waals surface area contributed by atoms with E-state index in [2.05, 4.69) is 6.92 Å². The molecule has 4 heteroatoms. The number of rotatable bonds is 10. The zero-order valence-electron chi connectivity index (χ0n) is 20.0. The molecule has 0 radical (unpaired) electrons. The molecule has 4 aromatic carbocycles. The van der Waals surface area contributed by atoms with Crippen molar-refractivity contribution in [1.82, 2.24) is 0 Å². The summed E-state index contributed by atoms with van der Waals surface area (Å²) in [6, 6.07) is 23.9. The van der Waals surface area contributed by atoms with Gasteiger partial charge in [-0.25, -0.2) is 8.78 Å². The Morgan fingerprint density at radius 2 is 1.60 bits per heavy atom. The molecule has 0 saturated heterocycles. The highest BCUT2D eigenvalue weighted by atomic mass is 19.1. The van der Waals surface area contributed by atoms with Gasteiger partial charge in [-0.1, -0.05) is 68.7 Å². The second-order valence-electron chi connectivity index (χ2n) is 8.83. The third-order valence-corrected chi connectivity index (χ3v) is 6.33. The van der Waals surface area contributed by atoms with Gasteiger partial charge in [-0.15, -0.1) is 0 Å². The van der Waals surface area contributed by atoms with Crippen molar-refractivity contribution in [1.29, 1.82) is 5.26 Å². The second-order valence-corrected chi connectivity index (χ2v) is 8.83. The molecule has 0 unspecified atom stereocenters. The van der Waals surface area contributed by atoms with Gasteiger partial charge >= 0.3 is 0 Å². The Morgan fingerprint density at radius 1 is 0.800 bits per heavy atom. The maximum atomic E-state index is 15.2. The lowest BCUT2D eigenvalue weighted by molar-refractivity contribution is 0.305. The zero-order chi connectivity index (χ0) is 24.6. The highest BCUT2D eigenvalue weighted by Gasteiger charge is 2.10. The van der Waals surface area contributed by atoms with Crippen LogP contribution >= 0.6 is 0 Å². The Morgan fingerprint density at radius 3 is 2.34 bits per heavy atom. The number of unbranched alkanes of at least 4 members (excludes halogenated alkanes) is 3. The summed E-state index contributed by atoms with van der Waals surface area (Å²) in [7, 11) is 0. The molecule has 2 nitrogen and oxygen atoms in total. The number of ether oxygens (including phenoxy) is 1. The van der Waals surface area contributed by atoms with Crippen LogP contribution in [0.15, 0.2) is 72.8 Å². The minimum absolute atomic E-state index is 0.0195. The van der Waals surface area contributed by atoms with E-state index < -0.39 is 5.82 Å². The summed E-state index contributed by atoms with van der Waals surface area (Å²) in [5.74, 6) is 0.0851. The van der Waals surface area contributed by atoms with E-state index in [1.165, 1.54) is 31.4 Å². The van der Waals surface area contributed by atoms with Gasteiger partial charge in [-0.3, -0.25) is 0 Å². The number of hydrogen-bond acceptors (Lipinski definition) is 2. The fourth-order valence-electron chi connectivity index (χ4n) is 4.26. The Labute approximate surface area is 205 Å². The first-order valence-corrected chi connectivity index (χ1v) is 12.2. The predicted octanol–water partition coefficient (Wildman–Crippen LogP) is 8.40. The molecule has 0 heterocycles. The van der Waals surface area contributed by atoms with Gasteiger partial charge in [0, 0.05) is 5.39 Å². The molecule has 178 valence electrons. The molecule has 0 bridgehead atoms. The molecule has 0 fully saturated rings. The van der Waals surface area contributed by atoms with Crippen LogP contribution in [-0.4, -0.2) is 6.61 Å². The van der Waals surface area contributed by atoms with E-state index in [0.29, 0.717) is 23.8 Å². The molecule has 0 atom stereocenters. The average Bonchev–Trinajstić information content (AvgIpc) is 2.88. The van der Waals surface area contributed by atoms with Gasteiger partial charge in [0.2, 0.25) is 0 Å². The molecule has 4 aromatic rings. The van der Waals surface area contributed by atoms with Gasteiger partial charge in [-0.2, -0.15) is 5.26 Å². The van der Waals surface area contributed by atoms with Crippen molar-refractivity contribution in [2.45, 2.75) is 45.4 Å². The van der Waals surface area contributed by atoms with Crippen LogP contribution in [0.1, 0.15) is 49.3 Å².